The van der Waals surface area contributed by atoms with Crippen LogP contribution in [0.15, 0.2) is 59.6 Å². The lowest BCUT2D eigenvalue weighted by molar-refractivity contribution is -0.121. The largest absolute Gasteiger partial charge is 0.477 e. The fourth-order valence-electron chi connectivity index (χ4n) is 7.22. The third-order valence-electron chi connectivity index (χ3n) is 9.66. The molecule has 1 saturated carbocycles. The maximum absolute atomic E-state index is 14.1. The maximum atomic E-state index is 14.1. The molecule has 0 radical (unpaired) electrons. The first-order chi connectivity index (χ1) is 23.7. The second-order valence-electron chi connectivity index (χ2n) is 14.3. The molecule has 3 aromatic rings. The minimum Gasteiger partial charge on any atom is -0.477 e. The highest BCUT2D eigenvalue weighted by molar-refractivity contribution is 7.89. The van der Waals surface area contributed by atoms with Gasteiger partial charge in [-0.2, -0.15) is 4.31 Å². The van der Waals surface area contributed by atoms with Crippen LogP contribution in [0.2, 0.25) is 0 Å². The van der Waals surface area contributed by atoms with Crippen molar-refractivity contribution in [3.63, 3.8) is 0 Å². The van der Waals surface area contributed by atoms with Gasteiger partial charge in [-0.25, -0.2) is 23.0 Å². The number of piperazine rings is 2. The molecule has 1 N–H and O–H groups in total. The third-order valence-corrected chi connectivity index (χ3v) is 12.6. The van der Waals surface area contributed by atoms with Crippen LogP contribution < -0.4 is 9.80 Å². The first-order valence-corrected chi connectivity index (χ1v) is 19.4. The van der Waals surface area contributed by atoms with Crippen LogP contribution in [0.5, 0.6) is 0 Å². The molecule has 0 spiro atoms. The van der Waals surface area contributed by atoms with Gasteiger partial charge in [0.05, 0.1) is 18.3 Å². The number of aromatic carboxylic acids is 1. The second-order valence-corrected chi connectivity index (χ2v) is 17.3. The van der Waals surface area contributed by atoms with Gasteiger partial charge >= 0.3 is 12.1 Å². The summed E-state index contributed by atoms with van der Waals surface area (Å²) in [6, 6.07) is 13.7. The minimum atomic E-state index is -4.11. The van der Waals surface area contributed by atoms with Crippen LogP contribution in [0.3, 0.4) is 0 Å². The van der Waals surface area contributed by atoms with Crippen molar-refractivity contribution in [2.45, 2.75) is 82.4 Å². The molecule has 6 rings (SSSR count). The van der Waals surface area contributed by atoms with Crippen LogP contribution in [-0.2, 0) is 19.6 Å². The summed E-state index contributed by atoms with van der Waals surface area (Å²) >= 11 is 1.12. The van der Waals surface area contributed by atoms with Gasteiger partial charge in [0.1, 0.15) is 21.2 Å². The fraction of sp³-hybridized carbons (Fsp3) is 0.500. The number of thiophene rings is 1. The Bertz CT molecular complexity index is 1820. The molecular formula is C36H45N5O7S2. The molecule has 1 aromatic carbocycles. The van der Waals surface area contributed by atoms with E-state index < -0.39 is 40.1 Å². The first-order valence-electron chi connectivity index (χ1n) is 17.2. The Morgan fingerprint density at radius 1 is 1.00 bits per heavy atom. The molecule has 2 amide bonds. The van der Waals surface area contributed by atoms with Crippen molar-refractivity contribution in [3.05, 3.63) is 59.6 Å². The smallest absolute Gasteiger partial charge is 0.410 e. The monoisotopic (exact) mass is 723 g/mol. The van der Waals surface area contributed by atoms with Crippen molar-refractivity contribution in [2.24, 2.45) is 5.92 Å². The molecule has 268 valence electrons. The number of anilines is 2. The van der Waals surface area contributed by atoms with Crippen molar-refractivity contribution in [1.29, 1.82) is 0 Å². The Balaban J connectivity index is 1.23. The number of aromatic nitrogens is 1. The van der Waals surface area contributed by atoms with E-state index in [9.17, 15) is 27.9 Å². The van der Waals surface area contributed by atoms with E-state index >= 15 is 0 Å². The normalized spacial score (nSPS) is 21.4. The topological polar surface area (TPSA) is 141 Å². The molecule has 14 heteroatoms. The maximum Gasteiger partial charge on any atom is 0.410 e. The van der Waals surface area contributed by atoms with Gasteiger partial charge in [0.25, 0.3) is 0 Å². The average Bonchev–Trinajstić information content (AvgIpc) is 3.53. The van der Waals surface area contributed by atoms with Gasteiger partial charge < -0.3 is 24.5 Å². The van der Waals surface area contributed by atoms with Gasteiger partial charge in [0.15, 0.2) is 0 Å². The Labute approximate surface area is 297 Å². The molecule has 2 aliphatic heterocycles. The zero-order valence-corrected chi connectivity index (χ0v) is 30.6. The number of carboxylic acid groups (broad SMARTS) is 1. The third kappa shape index (κ3) is 7.52. The van der Waals surface area contributed by atoms with Crippen molar-refractivity contribution in [2.75, 3.05) is 42.5 Å². The predicted molar refractivity (Wildman–Crippen MR) is 192 cm³/mol. The molecule has 2 saturated heterocycles. The molecule has 4 heterocycles. The van der Waals surface area contributed by atoms with Gasteiger partial charge in [-0.15, -0.1) is 11.3 Å². The number of carboxylic acids is 1. The number of carbonyl (C=O) groups is 3. The summed E-state index contributed by atoms with van der Waals surface area (Å²) in [4.78, 5) is 49.8. The standard InChI is InChI=1S/C36H45N5O7S2/c1-24-21-38(17-18-40(24)35(45)48-36(2,3)4)31-16-15-27(20-37-31)50(46,47)39-22-29(25-11-7-5-8-12-25)41(32(42)23-39)28-19-30(49-33(28)34(43)44)26-13-9-6-10-14-26/h6,9-10,13-16,19-20,24-25,29H,5,7-8,11-12,17-18,21-23H2,1-4H3,(H,43,44). The van der Waals surface area contributed by atoms with Crippen molar-refractivity contribution >= 4 is 50.8 Å². The van der Waals surface area contributed by atoms with Gasteiger partial charge in [-0.05, 0) is 70.2 Å². The highest BCUT2D eigenvalue weighted by Crippen LogP contribution is 2.42. The van der Waals surface area contributed by atoms with E-state index in [-0.39, 0.29) is 34.4 Å². The number of sulfonamides is 1. The number of carbonyl (C=O) groups excluding carboxylic acids is 2. The molecule has 3 aliphatic rings. The Morgan fingerprint density at radius 2 is 1.72 bits per heavy atom. The lowest BCUT2D eigenvalue weighted by Gasteiger charge is -2.44. The average molecular weight is 724 g/mol. The molecule has 3 fully saturated rings. The molecule has 2 unspecified atom stereocenters. The number of amides is 2. The molecule has 1 aliphatic carbocycles. The van der Waals surface area contributed by atoms with Gasteiger partial charge in [0, 0.05) is 43.3 Å². The van der Waals surface area contributed by atoms with Gasteiger partial charge in [-0.1, -0.05) is 49.6 Å². The summed E-state index contributed by atoms with van der Waals surface area (Å²) in [7, 11) is -4.11. The van der Waals surface area contributed by atoms with E-state index in [0.29, 0.717) is 31.1 Å². The summed E-state index contributed by atoms with van der Waals surface area (Å²) in [5, 5.41) is 10.2. The van der Waals surface area contributed by atoms with Crippen molar-refractivity contribution in [3.8, 4) is 10.4 Å². The minimum absolute atomic E-state index is 0.0153. The fourth-order valence-corrected chi connectivity index (χ4v) is 9.57. The number of hydrogen-bond donors (Lipinski definition) is 1. The van der Waals surface area contributed by atoms with Crippen LogP contribution in [0.4, 0.5) is 16.3 Å². The second kappa shape index (κ2) is 14.3. The summed E-state index contributed by atoms with van der Waals surface area (Å²) < 4.78 is 35.0. The Kier molecular flexibility index (Phi) is 10.2. The van der Waals surface area contributed by atoms with Gasteiger partial charge in [0.2, 0.25) is 15.9 Å². The number of benzene rings is 1. The highest BCUT2D eigenvalue weighted by Gasteiger charge is 2.44. The number of ether oxygens (including phenoxy) is 1. The van der Waals surface area contributed by atoms with E-state index in [1.807, 2.05) is 62.9 Å². The zero-order valence-electron chi connectivity index (χ0n) is 28.9. The predicted octanol–water partition coefficient (Wildman–Crippen LogP) is 5.94. The van der Waals surface area contributed by atoms with Gasteiger partial charge in [-0.3, -0.25) is 4.79 Å². The molecule has 50 heavy (non-hydrogen) atoms. The number of nitrogens with zero attached hydrogens (tertiary/aromatic N) is 5. The molecular weight excluding hydrogens is 679 g/mol. The quantitative estimate of drug-likeness (QED) is 0.314. The summed E-state index contributed by atoms with van der Waals surface area (Å²) in [6.07, 6.45) is 5.63. The Morgan fingerprint density at radius 3 is 2.34 bits per heavy atom. The van der Waals surface area contributed by atoms with Crippen LogP contribution >= 0.6 is 11.3 Å². The summed E-state index contributed by atoms with van der Waals surface area (Å²) in [5.41, 5.74) is 0.581. The molecule has 2 atom stereocenters. The first kappa shape index (κ1) is 35.8. The number of hydrogen-bond acceptors (Lipinski definition) is 9. The van der Waals surface area contributed by atoms with Crippen LogP contribution in [-0.4, -0.2) is 96.1 Å². The molecule has 0 bridgehead atoms. The van der Waals surface area contributed by atoms with Crippen LogP contribution in [0.25, 0.3) is 10.4 Å². The van der Waals surface area contributed by atoms with E-state index in [0.717, 1.165) is 53.9 Å². The van der Waals surface area contributed by atoms with E-state index in [4.69, 9.17) is 4.74 Å². The highest BCUT2D eigenvalue weighted by atomic mass is 32.2. The van der Waals surface area contributed by atoms with Crippen molar-refractivity contribution in [1.82, 2.24) is 14.2 Å². The Hall–Kier alpha value is -4.01. The van der Waals surface area contributed by atoms with E-state index in [1.165, 1.54) is 16.6 Å². The van der Waals surface area contributed by atoms with E-state index in [1.54, 1.807) is 21.9 Å². The summed E-state index contributed by atoms with van der Waals surface area (Å²) in [6.45, 7) is 8.53. The summed E-state index contributed by atoms with van der Waals surface area (Å²) in [5.74, 6) is -0.955. The molecule has 12 nitrogen and oxygen atoms in total. The lowest BCUT2D eigenvalue weighted by atomic mass is 9.82. The van der Waals surface area contributed by atoms with E-state index in [2.05, 4.69) is 4.98 Å². The van der Waals surface area contributed by atoms with Crippen LogP contribution in [0, 0.1) is 5.92 Å². The lowest BCUT2D eigenvalue weighted by Crippen LogP contribution is -2.60. The zero-order chi connectivity index (χ0) is 35.8. The van der Waals surface area contributed by atoms with Crippen LogP contribution in [0.1, 0.15) is 69.5 Å². The number of rotatable bonds is 7. The SMILES string of the molecule is CC1CN(c2ccc(S(=O)(=O)N3CC(=O)N(c4cc(-c5ccccc5)sc4C(=O)O)C(C4CCCCC4)C3)cn2)CCN1C(=O)OC(C)(C)C. The van der Waals surface area contributed by atoms with Crippen molar-refractivity contribution < 1.29 is 32.6 Å². The molecule has 2 aromatic heterocycles. The number of pyridine rings is 1.